The highest BCUT2D eigenvalue weighted by atomic mass is 32.2. The van der Waals surface area contributed by atoms with Gasteiger partial charge in [0.1, 0.15) is 17.3 Å². The Morgan fingerprint density at radius 3 is 2.33 bits per heavy atom. The van der Waals surface area contributed by atoms with Crippen LogP contribution in [0.5, 0.6) is 0 Å². The second-order valence-corrected chi connectivity index (χ2v) is 5.95. The lowest BCUT2D eigenvalue weighted by Gasteiger charge is -2.16. The summed E-state index contributed by atoms with van der Waals surface area (Å²) in [6, 6.07) is 2.96. The minimum atomic E-state index is -3.81. The Morgan fingerprint density at radius 2 is 1.94 bits per heavy atom. The van der Waals surface area contributed by atoms with Gasteiger partial charge in [0.25, 0.3) is 0 Å². The Hall–Kier alpha value is -1.67. The van der Waals surface area contributed by atoms with Crippen molar-refractivity contribution in [2.45, 2.75) is 4.90 Å². The van der Waals surface area contributed by atoms with E-state index in [0.29, 0.717) is 5.82 Å². The van der Waals surface area contributed by atoms with E-state index in [9.17, 15) is 13.2 Å². The molecule has 8 heteroatoms. The van der Waals surface area contributed by atoms with Crippen LogP contribution in [0, 0.1) is 0 Å². The number of anilines is 1. The largest absolute Gasteiger partial charge is 0.480 e. The highest BCUT2D eigenvalue weighted by Gasteiger charge is 2.23. The van der Waals surface area contributed by atoms with Gasteiger partial charge in [0.05, 0.1) is 0 Å². The molecule has 0 aliphatic heterocycles. The zero-order chi connectivity index (χ0) is 13.9. The molecular formula is C10H15N3O4S. The van der Waals surface area contributed by atoms with Crippen molar-refractivity contribution in [1.82, 2.24) is 9.29 Å². The van der Waals surface area contributed by atoms with Gasteiger partial charge in [-0.15, -0.1) is 0 Å². The summed E-state index contributed by atoms with van der Waals surface area (Å²) in [5.41, 5.74) is 0. The molecule has 0 atom stereocenters. The second-order valence-electron chi connectivity index (χ2n) is 3.90. The number of carbonyl (C=O) groups is 1. The number of likely N-dealkylation sites (N-methyl/N-ethyl adjacent to an activating group) is 1. The summed E-state index contributed by atoms with van der Waals surface area (Å²) in [4.78, 5) is 16.2. The van der Waals surface area contributed by atoms with Gasteiger partial charge in [-0.2, -0.15) is 4.31 Å². The number of carboxylic acid groups (broad SMARTS) is 1. The number of carboxylic acids is 1. The van der Waals surface area contributed by atoms with Crippen LogP contribution in [0.2, 0.25) is 0 Å². The molecule has 0 radical (unpaired) electrons. The molecule has 0 spiro atoms. The van der Waals surface area contributed by atoms with Crippen molar-refractivity contribution in [1.29, 1.82) is 0 Å². The van der Waals surface area contributed by atoms with Crippen molar-refractivity contribution in [3.8, 4) is 0 Å². The fourth-order valence-corrected chi connectivity index (χ4v) is 2.31. The lowest BCUT2D eigenvalue weighted by molar-refractivity contribution is -0.137. The van der Waals surface area contributed by atoms with Gasteiger partial charge in [0.15, 0.2) is 0 Å². The van der Waals surface area contributed by atoms with E-state index in [1.165, 1.54) is 19.3 Å². The van der Waals surface area contributed by atoms with E-state index in [1.54, 1.807) is 25.1 Å². The lowest BCUT2D eigenvalue weighted by Crippen LogP contribution is -2.32. The maximum atomic E-state index is 12.0. The first-order valence-electron chi connectivity index (χ1n) is 5.06. The van der Waals surface area contributed by atoms with Crippen molar-refractivity contribution in [2.24, 2.45) is 0 Å². The van der Waals surface area contributed by atoms with Gasteiger partial charge in [-0.3, -0.25) is 4.79 Å². The van der Waals surface area contributed by atoms with E-state index in [-0.39, 0.29) is 4.90 Å². The van der Waals surface area contributed by atoms with Crippen LogP contribution in [0.25, 0.3) is 0 Å². The number of aromatic nitrogens is 1. The molecule has 18 heavy (non-hydrogen) atoms. The van der Waals surface area contributed by atoms with Crippen LogP contribution in [-0.4, -0.2) is 56.5 Å². The Bertz CT molecular complexity index is 525. The third kappa shape index (κ3) is 3.17. The maximum absolute atomic E-state index is 12.0. The Morgan fingerprint density at radius 1 is 1.33 bits per heavy atom. The van der Waals surface area contributed by atoms with Crippen LogP contribution >= 0.6 is 0 Å². The normalized spacial score (nSPS) is 11.6. The molecule has 1 aromatic rings. The molecule has 0 aliphatic carbocycles. The first-order chi connectivity index (χ1) is 8.25. The van der Waals surface area contributed by atoms with E-state index < -0.39 is 22.5 Å². The predicted molar refractivity (Wildman–Crippen MR) is 66.0 cm³/mol. The summed E-state index contributed by atoms with van der Waals surface area (Å²) < 4.78 is 24.7. The van der Waals surface area contributed by atoms with Crippen molar-refractivity contribution in [3.63, 3.8) is 0 Å². The zero-order valence-electron chi connectivity index (χ0n) is 10.4. The molecule has 0 bridgehead atoms. The lowest BCUT2D eigenvalue weighted by atomic mass is 10.4. The summed E-state index contributed by atoms with van der Waals surface area (Å²) in [5, 5.41) is 8.58. The molecule has 0 amide bonds. The molecule has 0 unspecified atom stereocenters. The standard InChI is InChI=1S/C10H15N3O4S/c1-12(2)9-5-4-8(6-11-9)18(16,17)13(3)7-10(14)15/h4-6H,7H2,1-3H3,(H,14,15). The summed E-state index contributed by atoms with van der Waals surface area (Å²) in [6.07, 6.45) is 1.21. The van der Waals surface area contributed by atoms with Crippen LogP contribution in [0.15, 0.2) is 23.2 Å². The fourth-order valence-electron chi connectivity index (χ4n) is 1.25. The predicted octanol–water partition coefficient (Wildman–Crippen LogP) is -0.147. The van der Waals surface area contributed by atoms with E-state index >= 15 is 0 Å². The van der Waals surface area contributed by atoms with Gasteiger partial charge in [-0.05, 0) is 12.1 Å². The second kappa shape index (κ2) is 5.32. The van der Waals surface area contributed by atoms with Gasteiger partial charge < -0.3 is 10.0 Å². The fraction of sp³-hybridized carbons (Fsp3) is 0.400. The zero-order valence-corrected chi connectivity index (χ0v) is 11.2. The summed E-state index contributed by atoms with van der Waals surface area (Å²) >= 11 is 0. The minimum absolute atomic E-state index is 0.0307. The monoisotopic (exact) mass is 273 g/mol. The highest BCUT2D eigenvalue weighted by Crippen LogP contribution is 2.15. The van der Waals surface area contributed by atoms with E-state index in [2.05, 4.69) is 4.98 Å². The van der Waals surface area contributed by atoms with Crippen molar-refractivity contribution in [3.05, 3.63) is 18.3 Å². The van der Waals surface area contributed by atoms with E-state index in [0.717, 1.165) is 4.31 Å². The van der Waals surface area contributed by atoms with E-state index in [4.69, 9.17) is 5.11 Å². The Balaban J connectivity index is 3.02. The number of nitrogens with zero attached hydrogens (tertiary/aromatic N) is 3. The van der Waals surface area contributed by atoms with Crippen molar-refractivity contribution >= 4 is 21.8 Å². The van der Waals surface area contributed by atoms with Gasteiger partial charge in [0.2, 0.25) is 10.0 Å². The number of hydrogen-bond donors (Lipinski definition) is 1. The third-order valence-electron chi connectivity index (χ3n) is 2.25. The van der Waals surface area contributed by atoms with Crippen LogP contribution in [0.3, 0.4) is 0 Å². The molecule has 1 N–H and O–H groups in total. The molecule has 7 nitrogen and oxygen atoms in total. The van der Waals surface area contributed by atoms with Gasteiger partial charge in [-0.25, -0.2) is 13.4 Å². The Kier molecular flexibility index (Phi) is 4.25. The van der Waals surface area contributed by atoms with Crippen LogP contribution in [-0.2, 0) is 14.8 Å². The number of sulfonamides is 1. The molecule has 1 heterocycles. The third-order valence-corrected chi connectivity index (χ3v) is 4.03. The number of rotatable bonds is 5. The number of aliphatic carboxylic acids is 1. The molecule has 0 fully saturated rings. The molecule has 0 aromatic carbocycles. The quantitative estimate of drug-likeness (QED) is 0.802. The first-order valence-corrected chi connectivity index (χ1v) is 6.50. The maximum Gasteiger partial charge on any atom is 0.318 e. The van der Waals surface area contributed by atoms with Crippen LogP contribution < -0.4 is 4.90 Å². The summed E-state index contributed by atoms with van der Waals surface area (Å²) in [5.74, 6) is -0.589. The summed E-state index contributed by atoms with van der Waals surface area (Å²) in [7, 11) is 0.976. The summed E-state index contributed by atoms with van der Waals surface area (Å²) in [6.45, 7) is -0.586. The van der Waals surface area contributed by atoms with Crippen molar-refractivity contribution in [2.75, 3.05) is 32.6 Å². The number of pyridine rings is 1. The minimum Gasteiger partial charge on any atom is -0.480 e. The van der Waals surface area contributed by atoms with Gasteiger partial charge >= 0.3 is 5.97 Å². The average Bonchev–Trinajstić information content (AvgIpc) is 2.28. The topological polar surface area (TPSA) is 90.8 Å². The first kappa shape index (κ1) is 14.4. The van der Waals surface area contributed by atoms with Crippen LogP contribution in [0.1, 0.15) is 0 Å². The molecule has 0 saturated carbocycles. The van der Waals surface area contributed by atoms with Gasteiger partial charge in [-0.1, -0.05) is 0 Å². The Labute approximate surface area is 106 Å². The SMILES string of the molecule is CN(C)c1ccc(S(=O)(=O)N(C)CC(=O)O)cn1. The average molecular weight is 273 g/mol. The smallest absolute Gasteiger partial charge is 0.318 e. The van der Waals surface area contributed by atoms with Gasteiger partial charge in [0, 0.05) is 27.3 Å². The molecule has 0 saturated heterocycles. The highest BCUT2D eigenvalue weighted by molar-refractivity contribution is 7.89. The molecule has 1 rings (SSSR count). The molecule has 100 valence electrons. The molecule has 0 aliphatic rings. The molecular weight excluding hydrogens is 258 g/mol. The molecule has 1 aromatic heterocycles. The number of hydrogen-bond acceptors (Lipinski definition) is 5. The van der Waals surface area contributed by atoms with E-state index in [1.807, 2.05) is 0 Å². The van der Waals surface area contributed by atoms with Crippen molar-refractivity contribution < 1.29 is 18.3 Å². The van der Waals surface area contributed by atoms with Crippen LogP contribution in [0.4, 0.5) is 5.82 Å².